The number of alkyl halides is 3. The number of aromatic nitrogens is 4. The van der Waals surface area contributed by atoms with Crippen molar-refractivity contribution in [3.63, 3.8) is 0 Å². The lowest BCUT2D eigenvalue weighted by atomic mass is 10.1. The zero-order valence-electron chi connectivity index (χ0n) is 17.3. The van der Waals surface area contributed by atoms with Crippen LogP contribution in [-0.4, -0.2) is 31.4 Å². The van der Waals surface area contributed by atoms with Gasteiger partial charge in [-0.1, -0.05) is 12.1 Å². The Balaban J connectivity index is 1.47. The Labute approximate surface area is 189 Å². The molecule has 1 aromatic carbocycles. The fraction of sp³-hybridized carbons (Fsp3) is 0.333. The van der Waals surface area contributed by atoms with Crippen molar-refractivity contribution in [3.05, 3.63) is 65.4 Å². The Bertz CT molecular complexity index is 1190. The zero-order chi connectivity index (χ0) is 23.8. The van der Waals surface area contributed by atoms with Gasteiger partial charge in [-0.25, -0.2) is 18.7 Å². The van der Waals surface area contributed by atoms with Crippen molar-refractivity contribution in [1.29, 1.82) is 0 Å². The molecule has 33 heavy (non-hydrogen) atoms. The highest BCUT2D eigenvalue weighted by molar-refractivity contribution is 8.00. The molecule has 1 aliphatic heterocycles. The Hall–Kier alpha value is -3.02. The molecule has 3 aromatic rings. The maximum absolute atomic E-state index is 14.7. The lowest BCUT2D eigenvalue weighted by Crippen LogP contribution is -2.18. The molecule has 1 fully saturated rings. The summed E-state index contributed by atoms with van der Waals surface area (Å²) >= 11 is 1.73. The van der Waals surface area contributed by atoms with Crippen LogP contribution in [0.2, 0.25) is 0 Å². The van der Waals surface area contributed by atoms with E-state index in [0.717, 1.165) is 36.8 Å². The number of nitrogens with one attached hydrogen (secondary N) is 1. The van der Waals surface area contributed by atoms with Gasteiger partial charge in [0.25, 0.3) is 0 Å². The first-order valence-electron chi connectivity index (χ1n) is 9.93. The van der Waals surface area contributed by atoms with Crippen molar-refractivity contribution in [2.75, 3.05) is 11.1 Å². The first-order valence-corrected chi connectivity index (χ1v) is 10.9. The normalized spacial score (nSPS) is 18.5. The summed E-state index contributed by atoms with van der Waals surface area (Å²) in [5, 5.41) is 6.65. The number of hydrogen-bond donors (Lipinski definition) is 1. The summed E-state index contributed by atoms with van der Waals surface area (Å²) in [6, 6.07) is 3.69. The van der Waals surface area contributed by atoms with E-state index in [2.05, 4.69) is 20.4 Å². The smallest absolute Gasteiger partial charge is 0.324 e. The molecule has 1 atom stereocenters. The number of carbonyl (C=O) groups excluding carboxylic acids is 1. The topological polar surface area (TPSA) is 72.7 Å². The van der Waals surface area contributed by atoms with Gasteiger partial charge < -0.3 is 5.32 Å². The van der Waals surface area contributed by atoms with Crippen molar-refractivity contribution in [1.82, 2.24) is 19.7 Å². The van der Waals surface area contributed by atoms with Crippen molar-refractivity contribution < 1.29 is 26.7 Å². The highest BCUT2D eigenvalue weighted by Crippen LogP contribution is 2.44. The Morgan fingerprint density at radius 3 is 2.73 bits per heavy atom. The van der Waals surface area contributed by atoms with E-state index in [1.807, 2.05) is 6.92 Å². The van der Waals surface area contributed by atoms with Gasteiger partial charge in [0, 0.05) is 6.07 Å². The highest BCUT2D eigenvalue weighted by Gasteiger charge is 2.36. The summed E-state index contributed by atoms with van der Waals surface area (Å²) < 4.78 is 68.3. The van der Waals surface area contributed by atoms with Gasteiger partial charge in [-0.2, -0.15) is 17.9 Å². The van der Waals surface area contributed by atoms with E-state index >= 15 is 0 Å². The molecule has 0 radical (unpaired) electrons. The Morgan fingerprint density at radius 1 is 1.27 bits per heavy atom. The molecule has 1 N–H and O–H groups in total. The van der Waals surface area contributed by atoms with Crippen molar-refractivity contribution in [2.45, 2.75) is 37.1 Å². The van der Waals surface area contributed by atoms with Crippen LogP contribution >= 0.6 is 11.8 Å². The number of carbonyl (C=O) groups is 1. The van der Waals surface area contributed by atoms with Gasteiger partial charge >= 0.3 is 6.18 Å². The Kier molecular flexibility index (Phi) is 6.12. The van der Waals surface area contributed by atoms with Crippen molar-refractivity contribution in [3.8, 4) is 5.82 Å². The third kappa shape index (κ3) is 4.85. The molecule has 1 amide bonds. The minimum atomic E-state index is -4.88. The number of benzene rings is 1. The summed E-state index contributed by atoms with van der Waals surface area (Å²) in [6.45, 7) is 2.03. The maximum atomic E-state index is 14.7. The molecule has 0 aliphatic carbocycles. The summed E-state index contributed by atoms with van der Waals surface area (Å²) in [4.78, 5) is 20.5. The molecule has 12 heteroatoms. The summed E-state index contributed by atoms with van der Waals surface area (Å²) in [6.07, 6.45) is -1.06. The number of anilines is 1. The van der Waals surface area contributed by atoms with Gasteiger partial charge in [-0.05, 0) is 37.1 Å². The molecule has 0 spiro atoms. The zero-order valence-corrected chi connectivity index (χ0v) is 18.1. The van der Waals surface area contributed by atoms with E-state index < -0.39 is 41.3 Å². The minimum Gasteiger partial charge on any atom is -0.324 e. The maximum Gasteiger partial charge on any atom is 0.419 e. The standard InChI is InChI=1S/C21H18F5N5OS/c1-20(6-3-7-33-20)19-28-11-31(30-19)18-15(22)9-13(10-27-18)29-16(32)8-12-4-2-5-14(17(12)23)21(24,25)26/h2,4-5,9-11H,3,6-8H2,1H3,(H,29,32). The van der Waals surface area contributed by atoms with Gasteiger partial charge in [0.05, 0.1) is 28.6 Å². The number of pyridine rings is 1. The van der Waals surface area contributed by atoms with Crippen LogP contribution in [-0.2, 0) is 22.1 Å². The molecule has 1 aliphatic rings. The second kappa shape index (κ2) is 8.73. The molecule has 0 bridgehead atoms. The van der Waals surface area contributed by atoms with Crippen LogP contribution < -0.4 is 5.32 Å². The van der Waals surface area contributed by atoms with E-state index in [9.17, 15) is 26.7 Å². The molecule has 3 heterocycles. The van der Waals surface area contributed by atoms with Gasteiger partial charge in [0.2, 0.25) is 5.91 Å². The summed E-state index contributed by atoms with van der Waals surface area (Å²) in [5.74, 6) is -1.68. The number of hydrogen-bond acceptors (Lipinski definition) is 5. The van der Waals surface area contributed by atoms with Gasteiger partial charge in [0.15, 0.2) is 17.5 Å². The lowest BCUT2D eigenvalue weighted by Gasteiger charge is -2.17. The van der Waals surface area contributed by atoms with Gasteiger partial charge in [0.1, 0.15) is 12.1 Å². The number of halogens is 5. The van der Waals surface area contributed by atoms with Crippen LogP contribution in [0.15, 0.2) is 36.8 Å². The number of thioether (sulfide) groups is 1. The first kappa shape index (κ1) is 23.1. The second-order valence-corrected chi connectivity index (χ2v) is 9.32. The molecule has 0 saturated carbocycles. The van der Waals surface area contributed by atoms with Crippen LogP contribution in [0.25, 0.3) is 5.82 Å². The monoisotopic (exact) mass is 483 g/mol. The third-order valence-corrected chi connectivity index (χ3v) is 6.76. The number of nitrogens with zero attached hydrogens (tertiary/aromatic N) is 4. The average Bonchev–Trinajstić information content (AvgIpc) is 3.39. The quantitative estimate of drug-likeness (QED) is 0.524. The second-order valence-electron chi connectivity index (χ2n) is 7.73. The van der Waals surface area contributed by atoms with Crippen LogP contribution in [0.5, 0.6) is 0 Å². The predicted octanol–water partition coefficient (Wildman–Crippen LogP) is 4.88. The molecule has 6 nitrogen and oxygen atoms in total. The summed E-state index contributed by atoms with van der Waals surface area (Å²) in [7, 11) is 0. The average molecular weight is 483 g/mol. The van der Waals surface area contributed by atoms with Crippen molar-refractivity contribution >= 4 is 23.4 Å². The van der Waals surface area contributed by atoms with Crippen molar-refractivity contribution in [2.24, 2.45) is 0 Å². The molecule has 4 rings (SSSR count). The van der Waals surface area contributed by atoms with E-state index in [0.29, 0.717) is 11.9 Å². The van der Waals surface area contributed by atoms with Crippen LogP contribution in [0, 0.1) is 11.6 Å². The fourth-order valence-electron chi connectivity index (χ4n) is 3.54. The Morgan fingerprint density at radius 2 is 2.06 bits per heavy atom. The predicted molar refractivity (Wildman–Crippen MR) is 112 cm³/mol. The van der Waals surface area contributed by atoms with Crippen LogP contribution in [0.3, 0.4) is 0 Å². The number of amides is 1. The molecule has 174 valence electrons. The fourth-order valence-corrected chi connectivity index (χ4v) is 4.79. The van der Waals surface area contributed by atoms with Gasteiger partial charge in [-0.3, -0.25) is 4.79 Å². The SMILES string of the molecule is CC1(c2ncn(-c3ncc(NC(=O)Cc4cccc(C(F)(F)F)c4F)cc3F)n2)CCCS1. The van der Waals surface area contributed by atoms with Gasteiger partial charge in [-0.15, -0.1) is 16.9 Å². The lowest BCUT2D eigenvalue weighted by molar-refractivity contribution is -0.140. The molecular weight excluding hydrogens is 465 g/mol. The summed E-state index contributed by atoms with van der Waals surface area (Å²) in [5.41, 5.74) is -1.92. The van der Waals surface area contributed by atoms with E-state index in [1.54, 1.807) is 11.8 Å². The van der Waals surface area contributed by atoms with E-state index in [-0.39, 0.29) is 16.3 Å². The van der Waals surface area contributed by atoms with Crippen LogP contribution in [0.1, 0.15) is 36.7 Å². The molecule has 1 saturated heterocycles. The third-order valence-electron chi connectivity index (χ3n) is 5.24. The molecule has 2 aromatic heterocycles. The molecule has 1 unspecified atom stereocenters. The largest absolute Gasteiger partial charge is 0.419 e. The molecular formula is C21H18F5N5OS. The van der Waals surface area contributed by atoms with E-state index in [4.69, 9.17) is 0 Å². The number of rotatable bonds is 5. The minimum absolute atomic E-state index is 0.0349. The first-order chi connectivity index (χ1) is 15.6. The highest BCUT2D eigenvalue weighted by atomic mass is 32.2. The van der Waals surface area contributed by atoms with Crippen LogP contribution in [0.4, 0.5) is 27.6 Å². The van der Waals surface area contributed by atoms with E-state index in [1.165, 1.54) is 17.2 Å².